The van der Waals surface area contributed by atoms with Crippen LogP contribution in [0.2, 0.25) is 0 Å². The molecule has 4 rings (SSSR count). The van der Waals surface area contributed by atoms with Gasteiger partial charge in [-0.25, -0.2) is 9.18 Å². The van der Waals surface area contributed by atoms with Gasteiger partial charge in [0.15, 0.2) is 0 Å². The number of amides is 4. The van der Waals surface area contributed by atoms with Crippen molar-refractivity contribution in [3.63, 3.8) is 0 Å². The minimum atomic E-state index is -0.985. The third kappa shape index (κ3) is 3.16. The van der Waals surface area contributed by atoms with Crippen molar-refractivity contribution >= 4 is 23.5 Å². The number of hydrogen-bond donors (Lipinski definition) is 2. The number of nitrogens with zero attached hydrogens (tertiary/aromatic N) is 1. The Bertz CT molecular complexity index is 928. The van der Waals surface area contributed by atoms with Crippen LogP contribution < -0.4 is 10.6 Å². The van der Waals surface area contributed by atoms with E-state index in [4.69, 9.17) is 0 Å². The predicted octanol–water partition coefficient (Wildman–Crippen LogP) is 2.24. The van der Waals surface area contributed by atoms with Gasteiger partial charge in [-0.2, -0.15) is 0 Å². The van der Waals surface area contributed by atoms with Gasteiger partial charge in [0.2, 0.25) is 5.91 Å². The highest BCUT2D eigenvalue weighted by Crippen LogP contribution is 2.33. The van der Waals surface area contributed by atoms with Crippen LogP contribution in [0, 0.1) is 5.82 Å². The summed E-state index contributed by atoms with van der Waals surface area (Å²) in [7, 11) is 0. The Labute approximate surface area is 155 Å². The summed E-state index contributed by atoms with van der Waals surface area (Å²) < 4.78 is 12.9. The van der Waals surface area contributed by atoms with E-state index in [0.717, 1.165) is 10.5 Å². The molecule has 1 aliphatic carbocycles. The second-order valence-corrected chi connectivity index (χ2v) is 6.90. The topological polar surface area (TPSA) is 78.5 Å². The second kappa shape index (κ2) is 6.50. The molecule has 1 spiro atoms. The van der Waals surface area contributed by atoms with Crippen LogP contribution in [-0.4, -0.2) is 34.8 Å². The van der Waals surface area contributed by atoms with Crippen LogP contribution in [0.1, 0.15) is 17.5 Å². The Balaban J connectivity index is 1.47. The zero-order valence-electron chi connectivity index (χ0n) is 14.5. The number of carbonyl (C=O) groups excluding carboxylic acids is 3. The molecule has 1 atom stereocenters. The zero-order chi connectivity index (χ0) is 19.0. The van der Waals surface area contributed by atoms with Gasteiger partial charge in [0.1, 0.15) is 17.9 Å². The maximum Gasteiger partial charge on any atom is 0.325 e. The quantitative estimate of drug-likeness (QED) is 0.817. The maximum absolute atomic E-state index is 12.9. The first-order valence-corrected chi connectivity index (χ1v) is 8.73. The summed E-state index contributed by atoms with van der Waals surface area (Å²) in [4.78, 5) is 38.5. The summed E-state index contributed by atoms with van der Waals surface area (Å²) in [5, 5.41) is 5.36. The van der Waals surface area contributed by atoms with Gasteiger partial charge in [-0.3, -0.25) is 14.5 Å². The highest BCUT2D eigenvalue weighted by molar-refractivity contribution is 6.10. The Morgan fingerprint density at radius 2 is 1.81 bits per heavy atom. The highest BCUT2D eigenvalue weighted by Gasteiger charge is 2.52. The lowest BCUT2D eigenvalue weighted by molar-refractivity contribution is -0.134. The number of aryl methyl sites for hydroxylation is 1. The van der Waals surface area contributed by atoms with Crippen molar-refractivity contribution in [2.45, 2.75) is 24.8 Å². The number of imide groups is 1. The lowest BCUT2D eigenvalue weighted by atomic mass is 9.78. The van der Waals surface area contributed by atoms with Gasteiger partial charge in [-0.1, -0.05) is 24.3 Å². The van der Waals surface area contributed by atoms with Crippen molar-refractivity contribution in [1.82, 2.24) is 10.2 Å². The van der Waals surface area contributed by atoms with Gasteiger partial charge >= 0.3 is 6.03 Å². The number of anilines is 1. The van der Waals surface area contributed by atoms with Crippen molar-refractivity contribution in [3.05, 3.63) is 65.5 Å². The molecule has 0 aromatic heterocycles. The lowest BCUT2D eigenvalue weighted by Gasteiger charge is -2.32. The number of fused-ring (bicyclic) bond motifs is 1. The smallest absolute Gasteiger partial charge is 0.325 e. The third-order valence-electron chi connectivity index (χ3n) is 5.11. The van der Waals surface area contributed by atoms with E-state index in [1.807, 2.05) is 24.3 Å². The molecule has 0 unspecified atom stereocenters. The van der Waals surface area contributed by atoms with Crippen LogP contribution >= 0.6 is 0 Å². The van der Waals surface area contributed by atoms with Gasteiger partial charge in [0, 0.05) is 12.1 Å². The van der Waals surface area contributed by atoms with Crippen LogP contribution in [-0.2, 0) is 22.4 Å². The van der Waals surface area contributed by atoms with E-state index in [1.54, 1.807) is 0 Å². The summed E-state index contributed by atoms with van der Waals surface area (Å²) in [5.41, 5.74) is 1.63. The average Bonchev–Trinajstić information content (AvgIpc) is 2.87. The molecule has 2 aromatic carbocycles. The van der Waals surface area contributed by atoms with Crippen LogP contribution in [0.15, 0.2) is 48.5 Å². The molecular formula is C20H18FN3O3. The Morgan fingerprint density at radius 3 is 2.56 bits per heavy atom. The van der Waals surface area contributed by atoms with E-state index in [9.17, 15) is 18.8 Å². The minimum absolute atomic E-state index is 0.378. The molecule has 1 saturated heterocycles. The summed E-state index contributed by atoms with van der Waals surface area (Å²) >= 11 is 0. The van der Waals surface area contributed by atoms with Crippen LogP contribution in [0.4, 0.5) is 14.9 Å². The lowest BCUT2D eigenvalue weighted by Crippen LogP contribution is -2.51. The molecule has 6 nitrogen and oxygen atoms in total. The van der Waals surface area contributed by atoms with E-state index in [1.165, 1.54) is 29.8 Å². The van der Waals surface area contributed by atoms with Crippen molar-refractivity contribution in [2.24, 2.45) is 0 Å². The normalized spacial score (nSPS) is 21.1. The Kier molecular flexibility index (Phi) is 4.14. The molecule has 0 saturated carbocycles. The number of hydrogen-bond acceptors (Lipinski definition) is 3. The maximum atomic E-state index is 12.9. The summed E-state index contributed by atoms with van der Waals surface area (Å²) in [6, 6.07) is 12.6. The molecule has 2 aromatic rings. The number of halogens is 1. The fourth-order valence-corrected chi connectivity index (χ4v) is 3.72. The molecule has 27 heavy (non-hydrogen) atoms. The fraction of sp³-hybridized carbons (Fsp3) is 0.250. The molecule has 2 aliphatic rings. The molecule has 2 N–H and O–H groups in total. The van der Waals surface area contributed by atoms with Gasteiger partial charge in [0.25, 0.3) is 5.91 Å². The van der Waals surface area contributed by atoms with E-state index in [0.29, 0.717) is 24.9 Å². The SMILES string of the molecule is O=C(CN1C(=O)N[C@@]2(CCc3ccccc3C2)C1=O)Nc1ccc(F)cc1. The van der Waals surface area contributed by atoms with E-state index >= 15 is 0 Å². The van der Waals surface area contributed by atoms with E-state index < -0.39 is 23.3 Å². The number of benzene rings is 2. The monoisotopic (exact) mass is 367 g/mol. The molecular weight excluding hydrogens is 349 g/mol. The molecule has 138 valence electrons. The number of carbonyl (C=O) groups is 3. The van der Waals surface area contributed by atoms with Crippen LogP contribution in [0.5, 0.6) is 0 Å². The first-order chi connectivity index (χ1) is 13.0. The minimum Gasteiger partial charge on any atom is -0.325 e. The summed E-state index contributed by atoms with van der Waals surface area (Å²) in [6.45, 7) is -0.383. The molecule has 7 heteroatoms. The van der Waals surface area contributed by atoms with Crippen LogP contribution in [0.25, 0.3) is 0 Å². The predicted molar refractivity (Wildman–Crippen MR) is 96.5 cm³/mol. The van der Waals surface area contributed by atoms with Crippen molar-refractivity contribution in [1.29, 1.82) is 0 Å². The van der Waals surface area contributed by atoms with Crippen molar-refractivity contribution < 1.29 is 18.8 Å². The van der Waals surface area contributed by atoms with Gasteiger partial charge in [-0.15, -0.1) is 0 Å². The highest BCUT2D eigenvalue weighted by atomic mass is 19.1. The molecule has 0 bridgehead atoms. The van der Waals surface area contributed by atoms with Gasteiger partial charge in [0.05, 0.1) is 0 Å². The fourth-order valence-electron chi connectivity index (χ4n) is 3.72. The molecule has 1 fully saturated rings. The standard InChI is InChI=1S/C20H18FN3O3/c21-15-5-7-16(8-6-15)22-17(25)12-24-18(26)20(23-19(24)27)10-9-13-3-1-2-4-14(13)11-20/h1-8H,9-12H2,(H,22,25)(H,23,27)/t20-/m1/s1. The first-order valence-electron chi connectivity index (χ1n) is 8.73. The first kappa shape index (κ1) is 17.2. The van der Waals surface area contributed by atoms with Crippen molar-refractivity contribution in [3.8, 4) is 0 Å². The third-order valence-corrected chi connectivity index (χ3v) is 5.11. The van der Waals surface area contributed by atoms with Crippen LogP contribution in [0.3, 0.4) is 0 Å². The van der Waals surface area contributed by atoms with Gasteiger partial charge in [-0.05, 0) is 48.2 Å². The Morgan fingerprint density at radius 1 is 1.11 bits per heavy atom. The molecule has 4 amide bonds. The zero-order valence-corrected chi connectivity index (χ0v) is 14.5. The van der Waals surface area contributed by atoms with E-state index in [-0.39, 0.29) is 12.5 Å². The molecule has 1 heterocycles. The molecule has 0 radical (unpaired) electrons. The summed E-state index contributed by atoms with van der Waals surface area (Å²) in [5.74, 6) is -1.31. The number of rotatable bonds is 3. The largest absolute Gasteiger partial charge is 0.325 e. The van der Waals surface area contributed by atoms with Crippen molar-refractivity contribution in [2.75, 3.05) is 11.9 Å². The summed E-state index contributed by atoms with van der Waals surface area (Å²) in [6.07, 6.45) is 1.62. The van der Waals surface area contributed by atoms with Gasteiger partial charge < -0.3 is 10.6 Å². The second-order valence-electron chi connectivity index (χ2n) is 6.90. The average molecular weight is 367 g/mol. The number of nitrogens with one attached hydrogen (secondary N) is 2. The van der Waals surface area contributed by atoms with E-state index in [2.05, 4.69) is 10.6 Å². The Hall–Kier alpha value is -3.22. The molecule has 1 aliphatic heterocycles. The number of urea groups is 1.